The van der Waals surface area contributed by atoms with Crippen LogP contribution >= 0.6 is 0 Å². The van der Waals surface area contributed by atoms with Crippen molar-refractivity contribution in [3.05, 3.63) is 105 Å². The summed E-state index contributed by atoms with van der Waals surface area (Å²) in [5, 5.41) is 12.9. The van der Waals surface area contributed by atoms with Crippen LogP contribution in [0.4, 0.5) is 16.0 Å². The Balaban J connectivity index is 1.67. The number of nitrogens with zero attached hydrogens (tertiary/aromatic N) is 4. The normalized spacial score (nSPS) is 12.7. The van der Waals surface area contributed by atoms with Gasteiger partial charge in [-0.3, -0.25) is 4.57 Å². The fourth-order valence-corrected chi connectivity index (χ4v) is 3.79. The third-order valence-corrected chi connectivity index (χ3v) is 5.87. The minimum atomic E-state index is -1.14. The number of benzene rings is 2. The van der Waals surface area contributed by atoms with Crippen molar-refractivity contribution >= 4 is 11.6 Å². The van der Waals surface area contributed by atoms with Crippen molar-refractivity contribution in [2.24, 2.45) is 0 Å². The molecule has 2 N–H and O–H groups in total. The highest BCUT2D eigenvalue weighted by Crippen LogP contribution is 2.24. The standard InChI is InChI=1S/C27H28FN5O5/c1-17-6-8-19(9-7-17)16-32-25(31-26(35)33(27(32)36)18(2)15-23(34)37-3)30-20-10-12-21(13-11-20)38-24-22(28)5-4-14-29-24/h4-14,18,23,34H,15-16H2,1-3H3,(H,30,31,35)/t18-,23?/m1/s1. The van der Waals surface area contributed by atoms with Crippen LogP contribution in [-0.2, 0) is 11.3 Å². The van der Waals surface area contributed by atoms with Gasteiger partial charge in [0, 0.05) is 31.5 Å². The fraction of sp³-hybridized carbons (Fsp3) is 0.259. The van der Waals surface area contributed by atoms with E-state index >= 15 is 0 Å². The Hall–Kier alpha value is -4.35. The molecular weight excluding hydrogens is 493 g/mol. The zero-order valence-electron chi connectivity index (χ0n) is 21.2. The van der Waals surface area contributed by atoms with Gasteiger partial charge in [-0.2, -0.15) is 4.98 Å². The van der Waals surface area contributed by atoms with E-state index in [-0.39, 0.29) is 24.8 Å². The first-order valence-electron chi connectivity index (χ1n) is 11.9. The van der Waals surface area contributed by atoms with Crippen LogP contribution in [-0.4, -0.2) is 37.6 Å². The number of hydrogen-bond donors (Lipinski definition) is 2. The number of aromatic nitrogens is 4. The van der Waals surface area contributed by atoms with Crippen LogP contribution in [0.1, 0.15) is 30.5 Å². The number of aliphatic hydroxyl groups excluding tert-OH is 1. The maximum absolute atomic E-state index is 13.8. The minimum absolute atomic E-state index is 0.0307. The SMILES string of the molecule is COC(O)C[C@@H](C)n1c(=O)nc(Nc2ccc(Oc3ncccc3F)cc2)n(Cc2ccc(C)cc2)c1=O. The zero-order chi connectivity index (χ0) is 27.2. The van der Waals surface area contributed by atoms with Crippen molar-refractivity contribution in [2.45, 2.75) is 39.1 Å². The van der Waals surface area contributed by atoms with Gasteiger partial charge in [-0.25, -0.2) is 23.5 Å². The first-order valence-corrected chi connectivity index (χ1v) is 11.9. The van der Waals surface area contributed by atoms with Gasteiger partial charge in [0.25, 0.3) is 5.88 Å². The first kappa shape index (κ1) is 26.7. The summed E-state index contributed by atoms with van der Waals surface area (Å²) in [5.41, 5.74) is 1.06. The minimum Gasteiger partial charge on any atom is -0.436 e. The third-order valence-electron chi connectivity index (χ3n) is 5.87. The molecule has 198 valence electrons. The molecule has 0 spiro atoms. The van der Waals surface area contributed by atoms with E-state index in [4.69, 9.17) is 9.47 Å². The molecule has 10 nitrogen and oxygen atoms in total. The maximum atomic E-state index is 13.8. The fourth-order valence-electron chi connectivity index (χ4n) is 3.79. The highest BCUT2D eigenvalue weighted by molar-refractivity contribution is 5.55. The molecule has 0 amide bonds. The Labute approximate surface area is 218 Å². The summed E-state index contributed by atoms with van der Waals surface area (Å²) in [4.78, 5) is 34.5. The number of hydrogen-bond acceptors (Lipinski definition) is 8. The van der Waals surface area contributed by atoms with Crippen molar-refractivity contribution in [1.29, 1.82) is 0 Å². The summed E-state index contributed by atoms with van der Waals surface area (Å²) < 4.78 is 26.6. The van der Waals surface area contributed by atoms with Crippen LogP contribution in [0.2, 0.25) is 0 Å². The molecule has 38 heavy (non-hydrogen) atoms. The van der Waals surface area contributed by atoms with Crippen LogP contribution in [0.3, 0.4) is 0 Å². The summed E-state index contributed by atoms with van der Waals surface area (Å²) in [5.74, 6) is -0.357. The number of rotatable bonds is 10. The second-order valence-electron chi connectivity index (χ2n) is 8.76. The molecule has 0 aliphatic heterocycles. The predicted octanol–water partition coefficient (Wildman–Crippen LogP) is 3.75. The lowest BCUT2D eigenvalue weighted by Crippen LogP contribution is -2.44. The maximum Gasteiger partial charge on any atom is 0.355 e. The lowest BCUT2D eigenvalue weighted by Gasteiger charge is -2.20. The summed E-state index contributed by atoms with van der Waals surface area (Å²) >= 11 is 0. The Morgan fingerprint density at radius 1 is 1.08 bits per heavy atom. The monoisotopic (exact) mass is 521 g/mol. The van der Waals surface area contributed by atoms with E-state index in [0.29, 0.717) is 11.4 Å². The Kier molecular flexibility index (Phi) is 8.29. The topological polar surface area (TPSA) is 120 Å². The smallest absolute Gasteiger partial charge is 0.355 e. The van der Waals surface area contributed by atoms with E-state index in [2.05, 4.69) is 15.3 Å². The second-order valence-corrected chi connectivity index (χ2v) is 8.76. The lowest BCUT2D eigenvalue weighted by atomic mass is 10.1. The Morgan fingerprint density at radius 2 is 1.79 bits per heavy atom. The molecule has 4 aromatic rings. The molecule has 2 atom stereocenters. The highest BCUT2D eigenvalue weighted by atomic mass is 19.1. The molecule has 0 aliphatic rings. The van der Waals surface area contributed by atoms with E-state index < -0.39 is 29.5 Å². The summed E-state index contributed by atoms with van der Waals surface area (Å²) in [6, 6.07) is 16.1. The van der Waals surface area contributed by atoms with Crippen LogP contribution in [0.15, 0.2) is 76.4 Å². The van der Waals surface area contributed by atoms with Crippen LogP contribution in [0.25, 0.3) is 0 Å². The molecule has 1 unspecified atom stereocenters. The summed E-state index contributed by atoms with van der Waals surface area (Å²) in [7, 11) is 1.34. The summed E-state index contributed by atoms with van der Waals surface area (Å²) in [6.45, 7) is 3.75. The molecule has 0 fully saturated rings. The van der Waals surface area contributed by atoms with E-state index in [9.17, 15) is 19.1 Å². The lowest BCUT2D eigenvalue weighted by molar-refractivity contribution is -0.0852. The largest absolute Gasteiger partial charge is 0.436 e. The van der Waals surface area contributed by atoms with Crippen molar-refractivity contribution in [1.82, 2.24) is 19.1 Å². The van der Waals surface area contributed by atoms with E-state index in [0.717, 1.165) is 15.7 Å². The molecule has 2 heterocycles. The van der Waals surface area contributed by atoms with Gasteiger partial charge in [-0.05, 0) is 55.8 Å². The molecule has 0 aliphatic carbocycles. The van der Waals surface area contributed by atoms with Crippen molar-refractivity contribution in [2.75, 3.05) is 12.4 Å². The Bertz CT molecular complexity index is 1500. The van der Waals surface area contributed by atoms with Gasteiger partial charge in [0.2, 0.25) is 5.95 Å². The van der Waals surface area contributed by atoms with Gasteiger partial charge in [0.05, 0.1) is 6.54 Å². The van der Waals surface area contributed by atoms with Crippen LogP contribution in [0.5, 0.6) is 11.6 Å². The number of ether oxygens (including phenoxy) is 2. The van der Waals surface area contributed by atoms with Gasteiger partial charge in [0.1, 0.15) is 5.75 Å². The van der Waals surface area contributed by atoms with E-state index in [1.807, 2.05) is 31.2 Å². The summed E-state index contributed by atoms with van der Waals surface area (Å²) in [6.07, 6.45) is 0.315. The average molecular weight is 522 g/mol. The molecule has 2 aromatic heterocycles. The van der Waals surface area contributed by atoms with Crippen LogP contribution < -0.4 is 21.4 Å². The van der Waals surface area contributed by atoms with Crippen molar-refractivity contribution in [3.8, 4) is 11.6 Å². The zero-order valence-corrected chi connectivity index (χ0v) is 21.2. The predicted molar refractivity (Wildman–Crippen MR) is 139 cm³/mol. The van der Waals surface area contributed by atoms with Crippen LogP contribution in [0, 0.1) is 12.7 Å². The molecule has 4 rings (SSSR count). The number of anilines is 2. The third kappa shape index (κ3) is 6.31. The van der Waals surface area contributed by atoms with Gasteiger partial charge in [-0.1, -0.05) is 29.8 Å². The van der Waals surface area contributed by atoms with Crippen molar-refractivity contribution < 1.29 is 19.0 Å². The van der Waals surface area contributed by atoms with Gasteiger partial charge in [-0.15, -0.1) is 0 Å². The first-order chi connectivity index (χ1) is 18.2. The number of aliphatic hydroxyl groups is 1. The number of pyridine rings is 1. The highest BCUT2D eigenvalue weighted by Gasteiger charge is 2.20. The molecule has 0 bridgehead atoms. The second kappa shape index (κ2) is 11.8. The quantitative estimate of drug-likeness (QED) is 0.303. The van der Waals surface area contributed by atoms with Gasteiger partial charge < -0.3 is 19.9 Å². The molecular formula is C27H28FN5O5. The van der Waals surface area contributed by atoms with Crippen molar-refractivity contribution in [3.63, 3.8) is 0 Å². The molecule has 0 radical (unpaired) electrons. The van der Waals surface area contributed by atoms with E-state index in [1.54, 1.807) is 31.2 Å². The van der Waals surface area contributed by atoms with Gasteiger partial charge >= 0.3 is 11.4 Å². The molecule has 0 saturated heterocycles. The molecule has 2 aromatic carbocycles. The molecule has 11 heteroatoms. The van der Waals surface area contributed by atoms with E-state index in [1.165, 1.54) is 30.0 Å². The number of methoxy groups -OCH3 is 1. The number of halogens is 1. The number of aryl methyl sites for hydroxylation is 1. The number of nitrogens with one attached hydrogen (secondary N) is 1. The molecule has 0 saturated carbocycles. The average Bonchev–Trinajstić information content (AvgIpc) is 2.89. The van der Waals surface area contributed by atoms with Gasteiger partial charge in [0.15, 0.2) is 12.1 Å². The Morgan fingerprint density at radius 3 is 2.45 bits per heavy atom.